The highest BCUT2D eigenvalue weighted by atomic mass is 35.5. The fraction of sp³-hybridized carbons (Fsp3) is 0.278. The van der Waals surface area contributed by atoms with E-state index in [4.69, 9.17) is 16.3 Å². The highest BCUT2D eigenvalue weighted by Gasteiger charge is 2.42. The van der Waals surface area contributed by atoms with Crippen LogP contribution in [0.4, 0.5) is 5.69 Å². The Morgan fingerprint density at radius 1 is 1.26 bits per heavy atom. The summed E-state index contributed by atoms with van der Waals surface area (Å²) in [5.41, 5.74) is 1.94. The summed E-state index contributed by atoms with van der Waals surface area (Å²) in [6, 6.07) is 15.4. The Morgan fingerprint density at radius 2 is 2.00 bits per heavy atom. The first kappa shape index (κ1) is 15.8. The second-order valence-electron chi connectivity index (χ2n) is 5.69. The van der Waals surface area contributed by atoms with Gasteiger partial charge in [0.1, 0.15) is 0 Å². The van der Waals surface area contributed by atoms with E-state index in [2.05, 4.69) is 10.6 Å². The Kier molecular flexibility index (Phi) is 4.28. The Morgan fingerprint density at radius 3 is 2.70 bits per heavy atom. The lowest BCUT2D eigenvalue weighted by molar-refractivity contribution is -0.149. The van der Waals surface area contributed by atoms with Crippen LogP contribution >= 0.6 is 11.6 Å². The van der Waals surface area contributed by atoms with Gasteiger partial charge in [-0.05, 0) is 43.2 Å². The second-order valence-corrected chi connectivity index (χ2v) is 6.13. The fourth-order valence-corrected chi connectivity index (χ4v) is 3.03. The SMILES string of the molecule is CCOC(=O)C1(C)Nc2ccc(Cl)cc2C(c2ccccc2)N1. The number of nitrogens with one attached hydrogen (secondary N) is 2. The minimum atomic E-state index is -1.00. The van der Waals surface area contributed by atoms with Crippen molar-refractivity contribution in [1.82, 2.24) is 5.32 Å². The van der Waals surface area contributed by atoms with Crippen LogP contribution < -0.4 is 10.6 Å². The average molecular weight is 331 g/mol. The van der Waals surface area contributed by atoms with E-state index in [1.165, 1.54) is 0 Å². The molecule has 0 radical (unpaired) electrons. The average Bonchev–Trinajstić information content (AvgIpc) is 2.56. The van der Waals surface area contributed by atoms with E-state index < -0.39 is 5.66 Å². The van der Waals surface area contributed by atoms with Crippen molar-refractivity contribution in [2.75, 3.05) is 11.9 Å². The first-order chi connectivity index (χ1) is 11.0. The molecule has 0 amide bonds. The van der Waals surface area contributed by atoms with Crippen molar-refractivity contribution in [3.8, 4) is 0 Å². The van der Waals surface area contributed by atoms with Gasteiger partial charge in [-0.25, -0.2) is 4.79 Å². The molecule has 23 heavy (non-hydrogen) atoms. The molecule has 2 atom stereocenters. The lowest BCUT2D eigenvalue weighted by atomic mass is 9.92. The number of rotatable bonds is 3. The number of esters is 1. The molecule has 2 aromatic rings. The Labute approximate surface area is 140 Å². The summed E-state index contributed by atoms with van der Waals surface area (Å²) < 4.78 is 5.22. The third kappa shape index (κ3) is 3.05. The molecule has 120 valence electrons. The van der Waals surface area contributed by atoms with Crippen molar-refractivity contribution >= 4 is 23.3 Å². The molecule has 0 saturated heterocycles. The summed E-state index contributed by atoms with van der Waals surface area (Å²) in [6.45, 7) is 3.92. The maximum atomic E-state index is 12.4. The maximum absolute atomic E-state index is 12.4. The van der Waals surface area contributed by atoms with Crippen LogP contribution in [0.3, 0.4) is 0 Å². The molecule has 4 nitrogen and oxygen atoms in total. The third-order valence-corrected chi connectivity index (χ3v) is 4.19. The monoisotopic (exact) mass is 330 g/mol. The number of hydrogen-bond acceptors (Lipinski definition) is 4. The summed E-state index contributed by atoms with van der Waals surface area (Å²) in [5.74, 6) is -0.332. The molecule has 1 aliphatic rings. The number of benzene rings is 2. The molecule has 0 bridgehead atoms. The fourth-order valence-electron chi connectivity index (χ4n) is 2.85. The third-order valence-electron chi connectivity index (χ3n) is 3.96. The van der Waals surface area contributed by atoms with Gasteiger partial charge in [-0.15, -0.1) is 0 Å². The minimum absolute atomic E-state index is 0.152. The van der Waals surface area contributed by atoms with E-state index in [1.807, 2.05) is 48.5 Å². The van der Waals surface area contributed by atoms with Gasteiger partial charge >= 0.3 is 5.97 Å². The van der Waals surface area contributed by atoms with Crippen LogP contribution in [0.2, 0.25) is 5.02 Å². The van der Waals surface area contributed by atoms with Crippen LogP contribution in [0.25, 0.3) is 0 Å². The molecule has 2 unspecified atom stereocenters. The Hall–Kier alpha value is -2.04. The smallest absolute Gasteiger partial charge is 0.346 e. The summed E-state index contributed by atoms with van der Waals surface area (Å²) in [6.07, 6.45) is 0. The van der Waals surface area contributed by atoms with Gasteiger partial charge in [0.15, 0.2) is 5.66 Å². The molecule has 0 aromatic heterocycles. The number of halogens is 1. The van der Waals surface area contributed by atoms with Gasteiger partial charge in [0.05, 0.1) is 12.6 Å². The maximum Gasteiger partial charge on any atom is 0.346 e. The Bertz CT molecular complexity index is 720. The number of carbonyl (C=O) groups is 1. The first-order valence-corrected chi connectivity index (χ1v) is 7.99. The van der Waals surface area contributed by atoms with Gasteiger partial charge in [-0.2, -0.15) is 0 Å². The largest absolute Gasteiger partial charge is 0.463 e. The summed E-state index contributed by atoms with van der Waals surface area (Å²) in [7, 11) is 0. The number of anilines is 1. The molecule has 3 rings (SSSR count). The van der Waals surface area contributed by atoms with Gasteiger partial charge in [0.25, 0.3) is 0 Å². The first-order valence-electron chi connectivity index (χ1n) is 7.61. The lowest BCUT2D eigenvalue weighted by Gasteiger charge is -2.40. The van der Waals surface area contributed by atoms with Crippen LogP contribution in [-0.4, -0.2) is 18.2 Å². The second kappa shape index (κ2) is 6.22. The van der Waals surface area contributed by atoms with Crippen molar-refractivity contribution < 1.29 is 9.53 Å². The van der Waals surface area contributed by atoms with E-state index in [1.54, 1.807) is 13.8 Å². The standard InChI is InChI=1S/C18H19ClN2O2/c1-3-23-17(22)18(2)20-15-10-9-13(19)11-14(15)16(21-18)12-7-5-4-6-8-12/h4-11,16,20-21H,3H2,1-2H3. The Balaban J connectivity index is 2.07. The molecular formula is C18H19ClN2O2. The normalized spacial score (nSPS) is 22.8. The van der Waals surface area contributed by atoms with Gasteiger partial charge in [-0.3, -0.25) is 5.32 Å². The zero-order valence-corrected chi connectivity index (χ0v) is 13.9. The van der Waals surface area contributed by atoms with Crippen molar-refractivity contribution in [1.29, 1.82) is 0 Å². The van der Waals surface area contributed by atoms with Gasteiger partial charge < -0.3 is 10.1 Å². The molecule has 2 N–H and O–H groups in total. The predicted molar refractivity (Wildman–Crippen MR) is 91.5 cm³/mol. The molecule has 5 heteroatoms. The van der Waals surface area contributed by atoms with E-state index >= 15 is 0 Å². The van der Waals surface area contributed by atoms with Crippen molar-refractivity contribution in [3.63, 3.8) is 0 Å². The molecule has 1 heterocycles. The van der Waals surface area contributed by atoms with Gasteiger partial charge in [-0.1, -0.05) is 41.9 Å². The van der Waals surface area contributed by atoms with Crippen LogP contribution in [0.15, 0.2) is 48.5 Å². The van der Waals surface area contributed by atoms with E-state index in [9.17, 15) is 4.79 Å². The van der Waals surface area contributed by atoms with Crippen LogP contribution in [0.1, 0.15) is 31.0 Å². The number of carbonyl (C=O) groups excluding carboxylic acids is 1. The topological polar surface area (TPSA) is 50.4 Å². The lowest BCUT2D eigenvalue weighted by Crippen LogP contribution is -2.60. The van der Waals surface area contributed by atoms with Crippen LogP contribution in [0, 0.1) is 0 Å². The molecule has 2 aromatic carbocycles. The van der Waals surface area contributed by atoms with Crippen LogP contribution in [0.5, 0.6) is 0 Å². The highest BCUT2D eigenvalue weighted by molar-refractivity contribution is 6.30. The van der Waals surface area contributed by atoms with E-state index in [0.717, 1.165) is 16.8 Å². The highest BCUT2D eigenvalue weighted by Crippen LogP contribution is 2.37. The number of fused-ring (bicyclic) bond motifs is 1. The summed E-state index contributed by atoms with van der Waals surface area (Å²) in [5, 5.41) is 7.27. The van der Waals surface area contributed by atoms with Crippen molar-refractivity contribution in [3.05, 3.63) is 64.7 Å². The molecule has 0 spiro atoms. The zero-order chi connectivity index (χ0) is 16.4. The minimum Gasteiger partial charge on any atom is -0.463 e. The molecular weight excluding hydrogens is 312 g/mol. The van der Waals surface area contributed by atoms with Gasteiger partial charge in [0, 0.05) is 10.7 Å². The van der Waals surface area contributed by atoms with Gasteiger partial charge in [0.2, 0.25) is 0 Å². The quantitative estimate of drug-likeness (QED) is 0.842. The van der Waals surface area contributed by atoms with Crippen LogP contribution in [-0.2, 0) is 9.53 Å². The predicted octanol–water partition coefficient (Wildman–Crippen LogP) is 3.72. The van der Waals surface area contributed by atoms with Crippen molar-refractivity contribution in [2.45, 2.75) is 25.6 Å². The van der Waals surface area contributed by atoms with E-state index in [0.29, 0.717) is 11.6 Å². The molecule has 1 aliphatic heterocycles. The summed E-state index contributed by atoms with van der Waals surface area (Å²) in [4.78, 5) is 12.4. The van der Waals surface area contributed by atoms with Crippen molar-refractivity contribution in [2.24, 2.45) is 0 Å². The van der Waals surface area contributed by atoms with E-state index in [-0.39, 0.29) is 12.0 Å². The zero-order valence-electron chi connectivity index (χ0n) is 13.1. The number of hydrogen-bond donors (Lipinski definition) is 2. The molecule has 0 fully saturated rings. The summed E-state index contributed by atoms with van der Waals surface area (Å²) >= 11 is 6.17. The molecule has 0 saturated carbocycles. The number of ether oxygens (including phenoxy) is 1. The molecule has 0 aliphatic carbocycles.